The Morgan fingerprint density at radius 2 is 1.63 bits per heavy atom. The van der Waals surface area contributed by atoms with Gasteiger partial charge in [-0.05, 0) is 56.0 Å². The van der Waals surface area contributed by atoms with Gasteiger partial charge in [-0.3, -0.25) is 0 Å². The van der Waals surface area contributed by atoms with Crippen LogP contribution in [-0.2, 0) is 6.54 Å². The number of hydrogen-bond acceptors (Lipinski definition) is 5. The van der Waals surface area contributed by atoms with Crippen LogP contribution in [0.5, 0.6) is 0 Å². The number of nitrogens with zero attached hydrogens (tertiary/aromatic N) is 3. The lowest BCUT2D eigenvalue weighted by Gasteiger charge is -2.27. The van der Waals surface area contributed by atoms with Gasteiger partial charge < -0.3 is 15.5 Å². The molecule has 0 saturated heterocycles. The van der Waals surface area contributed by atoms with E-state index in [1.807, 2.05) is 37.5 Å². The second-order valence-corrected chi connectivity index (χ2v) is 9.23. The first-order chi connectivity index (χ1) is 18.4. The molecule has 2 aromatic carbocycles. The van der Waals surface area contributed by atoms with Crippen molar-refractivity contribution >= 4 is 11.6 Å². The standard InChI is InChI=1S/C23H29N5.C7H8.C3H8/c1-5-19-11-14-28(15-12-19)22(18(3)24-4)21-10-13-25-23(27-21)26-16-20-9-7-6-8-17(20)2;1-7-5-3-2-4-6-7;1-3-2/h6-14,24H,5,15-16H2,1-4H3,(H,25,26,27);2-6H,1H3;3H2,1-2H3/b22-18-;;. The molecule has 0 bridgehead atoms. The second kappa shape index (κ2) is 16.8. The molecule has 1 aliphatic rings. The second-order valence-electron chi connectivity index (χ2n) is 9.23. The first kappa shape index (κ1) is 30.4. The minimum absolute atomic E-state index is 0.632. The van der Waals surface area contributed by atoms with Crippen LogP contribution < -0.4 is 10.6 Å². The summed E-state index contributed by atoms with van der Waals surface area (Å²) in [6.45, 7) is 14.2. The number of rotatable bonds is 7. The smallest absolute Gasteiger partial charge is 0.223 e. The normalized spacial score (nSPS) is 12.7. The van der Waals surface area contributed by atoms with Gasteiger partial charge in [-0.2, -0.15) is 0 Å². The fraction of sp³-hybridized carbons (Fsp3) is 0.333. The zero-order valence-corrected chi connectivity index (χ0v) is 24.3. The van der Waals surface area contributed by atoms with Crippen molar-refractivity contribution in [2.75, 3.05) is 18.9 Å². The van der Waals surface area contributed by atoms with Crippen LogP contribution in [-0.4, -0.2) is 28.5 Å². The van der Waals surface area contributed by atoms with Gasteiger partial charge in [0.2, 0.25) is 5.95 Å². The first-order valence-electron chi connectivity index (χ1n) is 13.6. The molecule has 0 spiro atoms. The number of hydrogen-bond donors (Lipinski definition) is 2. The quantitative estimate of drug-likeness (QED) is 0.338. The molecule has 0 unspecified atom stereocenters. The van der Waals surface area contributed by atoms with E-state index >= 15 is 0 Å². The van der Waals surface area contributed by atoms with Crippen LogP contribution >= 0.6 is 0 Å². The lowest BCUT2D eigenvalue weighted by molar-refractivity contribution is 0.570. The van der Waals surface area contributed by atoms with Gasteiger partial charge in [0.15, 0.2) is 0 Å². The van der Waals surface area contributed by atoms with Gasteiger partial charge in [-0.1, -0.05) is 93.4 Å². The highest BCUT2D eigenvalue weighted by Gasteiger charge is 2.16. The molecule has 5 nitrogen and oxygen atoms in total. The zero-order valence-electron chi connectivity index (χ0n) is 24.3. The predicted molar refractivity (Wildman–Crippen MR) is 164 cm³/mol. The summed E-state index contributed by atoms with van der Waals surface area (Å²) in [5, 5.41) is 6.63. The van der Waals surface area contributed by atoms with Gasteiger partial charge in [0.05, 0.1) is 11.4 Å². The molecule has 0 saturated carbocycles. The Balaban J connectivity index is 0.000000427. The molecule has 2 N–H and O–H groups in total. The predicted octanol–water partition coefficient (Wildman–Crippen LogP) is 7.88. The highest BCUT2D eigenvalue weighted by Crippen LogP contribution is 2.25. The third kappa shape index (κ3) is 9.89. The van der Waals surface area contributed by atoms with Crippen LogP contribution in [0.15, 0.2) is 96.5 Å². The molecule has 2 heterocycles. The summed E-state index contributed by atoms with van der Waals surface area (Å²) in [6, 6.07) is 20.6. The Bertz CT molecular complexity index is 1190. The van der Waals surface area contributed by atoms with Crippen molar-refractivity contribution < 1.29 is 0 Å². The number of allylic oxidation sites excluding steroid dienone is 3. The van der Waals surface area contributed by atoms with Crippen LogP contribution in [0.4, 0.5) is 5.95 Å². The molecule has 0 fully saturated rings. The van der Waals surface area contributed by atoms with Crippen molar-refractivity contribution in [3.8, 4) is 0 Å². The summed E-state index contributed by atoms with van der Waals surface area (Å²) in [5.74, 6) is 0.632. The minimum Gasteiger partial charge on any atom is -0.390 e. The van der Waals surface area contributed by atoms with Crippen LogP contribution in [0.2, 0.25) is 0 Å². The highest BCUT2D eigenvalue weighted by molar-refractivity contribution is 5.66. The largest absolute Gasteiger partial charge is 0.390 e. The van der Waals surface area contributed by atoms with E-state index in [1.165, 1.54) is 28.7 Å². The van der Waals surface area contributed by atoms with Gasteiger partial charge in [0, 0.05) is 38.2 Å². The number of anilines is 1. The van der Waals surface area contributed by atoms with Crippen molar-refractivity contribution in [3.63, 3.8) is 0 Å². The van der Waals surface area contributed by atoms with E-state index in [2.05, 4.69) is 117 Å². The van der Waals surface area contributed by atoms with Crippen molar-refractivity contribution in [2.24, 2.45) is 0 Å². The fourth-order valence-corrected chi connectivity index (χ4v) is 3.72. The molecule has 0 aliphatic carbocycles. The number of aryl methyl sites for hydroxylation is 2. The number of aromatic nitrogens is 2. The van der Waals surface area contributed by atoms with E-state index in [0.29, 0.717) is 12.5 Å². The maximum absolute atomic E-state index is 4.78. The Labute approximate surface area is 230 Å². The molecule has 1 aromatic heterocycles. The Morgan fingerprint density at radius 1 is 0.947 bits per heavy atom. The lowest BCUT2D eigenvalue weighted by atomic mass is 10.1. The Morgan fingerprint density at radius 3 is 2.18 bits per heavy atom. The van der Waals surface area contributed by atoms with Gasteiger partial charge in [0.1, 0.15) is 0 Å². The summed E-state index contributed by atoms with van der Waals surface area (Å²) in [5.41, 5.74) is 8.22. The molecule has 1 aliphatic heterocycles. The van der Waals surface area contributed by atoms with E-state index in [1.54, 1.807) is 0 Å². The molecule has 202 valence electrons. The third-order valence-electron chi connectivity index (χ3n) is 5.98. The molecule has 0 atom stereocenters. The third-order valence-corrected chi connectivity index (χ3v) is 5.98. The van der Waals surface area contributed by atoms with Crippen LogP contribution in [0.3, 0.4) is 0 Å². The van der Waals surface area contributed by atoms with E-state index < -0.39 is 0 Å². The fourth-order valence-electron chi connectivity index (χ4n) is 3.72. The molecular weight excluding hydrogens is 466 g/mol. The number of nitrogens with one attached hydrogen (secondary N) is 2. The van der Waals surface area contributed by atoms with Crippen LogP contribution in [0.1, 0.15) is 62.9 Å². The van der Waals surface area contributed by atoms with Gasteiger partial charge in [0.25, 0.3) is 0 Å². The maximum Gasteiger partial charge on any atom is 0.223 e. The summed E-state index contributed by atoms with van der Waals surface area (Å²) in [7, 11) is 1.94. The van der Waals surface area contributed by atoms with Crippen molar-refractivity contribution in [1.82, 2.24) is 20.2 Å². The zero-order chi connectivity index (χ0) is 27.8. The van der Waals surface area contributed by atoms with Crippen LogP contribution in [0, 0.1) is 13.8 Å². The van der Waals surface area contributed by atoms with E-state index in [-0.39, 0.29) is 0 Å². The molecule has 0 amide bonds. The lowest BCUT2D eigenvalue weighted by Crippen LogP contribution is -2.23. The summed E-state index contributed by atoms with van der Waals surface area (Å²) < 4.78 is 0. The van der Waals surface area contributed by atoms with Gasteiger partial charge in [-0.25, -0.2) is 9.97 Å². The summed E-state index contributed by atoms with van der Waals surface area (Å²) in [6.07, 6.45) is 10.7. The van der Waals surface area contributed by atoms with Crippen molar-refractivity contribution in [2.45, 2.75) is 60.9 Å². The summed E-state index contributed by atoms with van der Waals surface area (Å²) >= 11 is 0. The number of benzene rings is 2. The Kier molecular flexibility index (Phi) is 13.4. The molecule has 5 heteroatoms. The average molecular weight is 512 g/mol. The molecular formula is C33H45N5. The topological polar surface area (TPSA) is 53.1 Å². The average Bonchev–Trinajstić information content (AvgIpc) is 2.94. The minimum atomic E-state index is 0.632. The Hall–Kier alpha value is -3.86. The first-order valence-corrected chi connectivity index (χ1v) is 13.6. The van der Waals surface area contributed by atoms with E-state index in [4.69, 9.17) is 4.98 Å². The van der Waals surface area contributed by atoms with E-state index in [9.17, 15) is 0 Å². The molecule has 4 rings (SSSR count). The van der Waals surface area contributed by atoms with Gasteiger partial charge in [-0.15, -0.1) is 0 Å². The SMILES string of the molecule is CCC.CCC1=CCN(/C(=C(/C)NC)c2ccnc(NCc3ccccc3C)n2)C=C1.Cc1ccccc1. The van der Waals surface area contributed by atoms with Crippen molar-refractivity contribution in [1.29, 1.82) is 0 Å². The highest BCUT2D eigenvalue weighted by atomic mass is 15.2. The molecule has 3 aromatic rings. The maximum atomic E-state index is 4.78. The van der Waals surface area contributed by atoms with E-state index in [0.717, 1.165) is 30.1 Å². The molecule has 0 radical (unpaired) electrons. The van der Waals surface area contributed by atoms with Crippen molar-refractivity contribution in [3.05, 3.63) is 119 Å². The monoisotopic (exact) mass is 511 g/mol. The molecule has 38 heavy (non-hydrogen) atoms. The van der Waals surface area contributed by atoms with Crippen LogP contribution in [0.25, 0.3) is 5.70 Å². The van der Waals surface area contributed by atoms with Gasteiger partial charge >= 0.3 is 0 Å². The summed E-state index contributed by atoms with van der Waals surface area (Å²) in [4.78, 5) is 11.4.